The van der Waals surface area contributed by atoms with Crippen LogP contribution in [0.1, 0.15) is 26.2 Å². The lowest BCUT2D eigenvalue weighted by molar-refractivity contribution is 0.284. The summed E-state index contributed by atoms with van der Waals surface area (Å²) in [5.41, 5.74) is 5.49. The fourth-order valence-electron chi connectivity index (χ4n) is 2.15. The van der Waals surface area contributed by atoms with E-state index < -0.39 is 10.0 Å². The topological polar surface area (TPSA) is 66.6 Å². The SMILES string of the molecule is CCCS(=O)(=O)N1CCCN(CCCN)CC1. The fraction of sp³-hybridized carbons (Fsp3) is 1.00. The van der Waals surface area contributed by atoms with E-state index in [4.69, 9.17) is 5.73 Å². The molecule has 0 bridgehead atoms. The van der Waals surface area contributed by atoms with Crippen molar-refractivity contribution in [3.63, 3.8) is 0 Å². The average Bonchev–Trinajstić information content (AvgIpc) is 2.52. The number of nitrogens with two attached hydrogens (primary N) is 1. The third-order valence-corrected chi connectivity index (χ3v) is 5.16. The first-order valence-electron chi connectivity index (χ1n) is 6.50. The smallest absolute Gasteiger partial charge is 0.214 e. The lowest BCUT2D eigenvalue weighted by Crippen LogP contribution is -2.36. The summed E-state index contributed by atoms with van der Waals surface area (Å²) in [4.78, 5) is 2.31. The Kier molecular flexibility index (Phi) is 6.40. The Morgan fingerprint density at radius 2 is 1.94 bits per heavy atom. The van der Waals surface area contributed by atoms with E-state index in [2.05, 4.69) is 4.90 Å². The van der Waals surface area contributed by atoms with Crippen LogP contribution in [-0.2, 0) is 10.0 Å². The molecular formula is C11H25N3O2S. The summed E-state index contributed by atoms with van der Waals surface area (Å²) in [6.45, 7) is 6.71. The van der Waals surface area contributed by atoms with Crippen LogP contribution >= 0.6 is 0 Å². The van der Waals surface area contributed by atoms with Crippen LogP contribution in [0.2, 0.25) is 0 Å². The average molecular weight is 263 g/mol. The van der Waals surface area contributed by atoms with Gasteiger partial charge in [-0.3, -0.25) is 0 Å². The van der Waals surface area contributed by atoms with Gasteiger partial charge >= 0.3 is 0 Å². The van der Waals surface area contributed by atoms with E-state index in [1.54, 1.807) is 4.31 Å². The Bertz CT molecular complexity index is 306. The van der Waals surface area contributed by atoms with Crippen molar-refractivity contribution in [1.29, 1.82) is 0 Å². The Hall–Kier alpha value is -0.170. The second kappa shape index (κ2) is 7.31. The molecule has 0 atom stereocenters. The van der Waals surface area contributed by atoms with Gasteiger partial charge in [-0.1, -0.05) is 6.92 Å². The van der Waals surface area contributed by atoms with Crippen molar-refractivity contribution < 1.29 is 8.42 Å². The van der Waals surface area contributed by atoms with Gasteiger partial charge in [0, 0.05) is 19.6 Å². The first-order chi connectivity index (χ1) is 8.10. The van der Waals surface area contributed by atoms with E-state index in [9.17, 15) is 8.42 Å². The number of sulfonamides is 1. The molecule has 0 saturated carbocycles. The second-order valence-electron chi connectivity index (χ2n) is 4.55. The third-order valence-electron chi connectivity index (χ3n) is 3.08. The van der Waals surface area contributed by atoms with E-state index >= 15 is 0 Å². The molecule has 5 nitrogen and oxygen atoms in total. The van der Waals surface area contributed by atoms with Crippen molar-refractivity contribution in [2.75, 3.05) is 45.0 Å². The highest BCUT2D eigenvalue weighted by Gasteiger charge is 2.23. The summed E-state index contributed by atoms with van der Waals surface area (Å²) in [6.07, 6.45) is 2.60. The Balaban J connectivity index is 2.47. The summed E-state index contributed by atoms with van der Waals surface area (Å²) in [7, 11) is -3.02. The van der Waals surface area contributed by atoms with Gasteiger partial charge in [-0.2, -0.15) is 0 Å². The minimum atomic E-state index is -3.02. The first kappa shape index (κ1) is 14.9. The van der Waals surface area contributed by atoms with Gasteiger partial charge in [-0.15, -0.1) is 0 Å². The van der Waals surface area contributed by atoms with Crippen molar-refractivity contribution in [2.45, 2.75) is 26.2 Å². The maximum Gasteiger partial charge on any atom is 0.214 e. The zero-order chi connectivity index (χ0) is 12.7. The van der Waals surface area contributed by atoms with Gasteiger partial charge in [-0.05, 0) is 38.9 Å². The number of hydrogen-bond donors (Lipinski definition) is 1. The monoisotopic (exact) mass is 263 g/mol. The summed E-state index contributed by atoms with van der Waals surface area (Å²) in [5.74, 6) is 0.274. The number of rotatable bonds is 6. The largest absolute Gasteiger partial charge is 0.330 e. The van der Waals surface area contributed by atoms with Gasteiger partial charge in [0.05, 0.1) is 5.75 Å². The predicted molar refractivity (Wildman–Crippen MR) is 70.4 cm³/mol. The van der Waals surface area contributed by atoms with Crippen LogP contribution in [-0.4, -0.2) is 62.6 Å². The minimum Gasteiger partial charge on any atom is -0.330 e. The molecule has 1 aliphatic heterocycles. The molecule has 1 fully saturated rings. The van der Waals surface area contributed by atoms with Crippen LogP contribution < -0.4 is 5.73 Å². The molecule has 0 radical (unpaired) electrons. The van der Waals surface area contributed by atoms with Crippen molar-refractivity contribution in [1.82, 2.24) is 9.21 Å². The van der Waals surface area contributed by atoms with E-state index in [-0.39, 0.29) is 5.75 Å². The molecule has 2 N–H and O–H groups in total. The Labute approximate surface area is 105 Å². The van der Waals surface area contributed by atoms with Crippen molar-refractivity contribution >= 4 is 10.0 Å². The molecule has 0 amide bonds. The normalized spacial score (nSPS) is 20.4. The highest BCUT2D eigenvalue weighted by Crippen LogP contribution is 2.09. The van der Waals surface area contributed by atoms with E-state index in [0.29, 0.717) is 26.1 Å². The minimum absolute atomic E-state index is 0.274. The molecule has 1 rings (SSSR count). The number of hydrogen-bond acceptors (Lipinski definition) is 4. The molecule has 17 heavy (non-hydrogen) atoms. The molecule has 1 saturated heterocycles. The van der Waals surface area contributed by atoms with Crippen molar-refractivity contribution in [2.24, 2.45) is 5.73 Å². The molecule has 0 aromatic heterocycles. The third kappa shape index (κ3) is 4.91. The molecule has 1 heterocycles. The molecule has 0 unspecified atom stereocenters. The predicted octanol–water partition coefficient (Wildman–Crippen LogP) is 0.0827. The molecule has 6 heteroatoms. The van der Waals surface area contributed by atoms with Crippen LogP contribution in [0.4, 0.5) is 0 Å². The molecule has 0 aromatic carbocycles. The van der Waals surface area contributed by atoms with Crippen molar-refractivity contribution in [3.05, 3.63) is 0 Å². The molecule has 102 valence electrons. The van der Waals surface area contributed by atoms with Gasteiger partial charge < -0.3 is 10.6 Å². The maximum atomic E-state index is 11.9. The quantitative estimate of drug-likeness (QED) is 0.737. The molecule has 0 aliphatic carbocycles. The Morgan fingerprint density at radius 1 is 1.18 bits per heavy atom. The lowest BCUT2D eigenvalue weighted by atomic mass is 10.3. The zero-order valence-corrected chi connectivity index (χ0v) is 11.6. The summed E-state index contributed by atoms with van der Waals surface area (Å²) in [5, 5.41) is 0. The highest BCUT2D eigenvalue weighted by atomic mass is 32.2. The number of nitrogens with zero attached hydrogens (tertiary/aromatic N) is 2. The van der Waals surface area contributed by atoms with E-state index in [0.717, 1.165) is 32.5 Å². The van der Waals surface area contributed by atoms with Gasteiger partial charge in [0.15, 0.2) is 0 Å². The highest BCUT2D eigenvalue weighted by molar-refractivity contribution is 7.89. The van der Waals surface area contributed by atoms with Gasteiger partial charge in [0.25, 0.3) is 0 Å². The van der Waals surface area contributed by atoms with E-state index in [1.165, 1.54) is 0 Å². The first-order valence-corrected chi connectivity index (χ1v) is 8.11. The van der Waals surface area contributed by atoms with Gasteiger partial charge in [0.1, 0.15) is 0 Å². The summed E-state index contributed by atoms with van der Waals surface area (Å²) < 4.78 is 25.5. The zero-order valence-electron chi connectivity index (χ0n) is 10.8. The van der Waals surface area contributed by atoms with Crippen LogP contribution in [0.15, 0.2) is 0 Å². The fourth-order valence-corrected chi connectivity index (χ4v) is 3.69. The summed E-state index contributed by atoms with van der Waals surface area (Å²) in [6, 6.07) is 0. The van der Waals surface area contributed by atoms with Gasteiger partial charge in [-0.25, -0.2) is 12.7 Å². The van der Waals surface area contributed by atoms with Crippen LogP contribution in [0.5, 0.6) is 0 Å². The molecular weight excluding hydrogens is 238 g/mol. The van der Waals surface area contributed by atoms with Crippen LogP contribution in [0.25, 0.3) is 0 Å². The van der Waals surface area contributed by atoms with Crippen LogP contribution in [0.3, 0.4) is 0 Å². The van der Waals surface area contributed by atoms with Crippen LogP contribution in [0, 0.1) is 0 Å². The van der Waals surface area contributed by atoms with Crippen molar-refractivity contribution in [3.8, 4) is 0 Å². The Morgan fingerprint density at radius 3 is 2.59 bits per heavy atom. The van der Waals surface area contributed by atoms with E-state index in [1.807, 2.05) is 6.92 Å². The molecule has 0 aromatic rings. The standard InChI is InChI=1S/C11H25N3O2S/c1-2-11-17(15,16)14-8-4-7-13(9-10-14)6-3-5-12/h2-12H2,1H3. The summed E-state index contributed by atoms with van der Waals surface area (Å²) >= 11 is 0. The van der Waals surface area contributed by atoms with Gasteiger partial charge in [0.2, 0.25) is 10.0 Å². The second-order valence-corrected chi connectivity index (χ2v) is 6.64. The molecule has 1 aliphatic rings. The lowest BCUT2D eigenvalue weighted by Gasteiger charge is -2.21. The maximum absolute atomic E-state index is 11.9. The molecule has 0 spiro atoms.